The van der Waals surface area contributed by atoms with Crippen LogP contribution in [0.5, 0.6) is 5.75 Å². The van der Waals surface area contributed by atoms with E-state index in [1.807, 2.05) is 36.4 Å². The minimum absolute atomic E-state index is 0.0205. The molecule has 0 spiro atoms. The number of benzene rings is 2. The van der Waals surface area contributed by atoms with Crippen LogP contribution in [0.3, 0.4) is 0 Å². The van der Waals surface area contributed by atoms with Gasteiger partial charge in [0.25, 0.3) is 0 Å². The minimum atomic E-state index is -0.842. The van der Waals surface area contributed by atoms with Gasteiger partial charge >= 0.3 is 5.97 Å². The molecule has 0 fully saturated rings. The normalized spacial score (nSPS) is 11.9. The summed E-state index contributed by atoms with van der Waals surface area (Å²) >= 11 is 5.99. The van der Waals surface area contributed by atoms with Gasteiger partial charge in [-0.25, -0.2) is 0 Å². The number of hydrogen-bond donors (Lipinski definition) is 1. The molecule has 0 saturated heterocycles. The van der Waals surface area contributed by atoms with Crippen molar-refractivity contribution in [2.45, 2.75) is 12.3 Å². The van der Waals surface area contributed by atoms with E-state index in [1.165, 1.54) is 0 Å². The smallest absolute Gasteiger partial charge is 0.304 e. The van der Waals surface area contributed by atoms with Crippen molar-refractivity contribution >= 4 is 17.6 Å². The molecule has 0 aromatic heterocycles. The number of ether oxygens (including phenoxy) is 1. The average molecular weight is 291 g/mol. The van der Waals surface area contributed by atoms with Gasteiger partial charge in [0.05, 0.1) is 13.5 Å². The molecule has 2 aromatic rings. The number of rotatable bonds is 5. The molecule has 1 N–H and O–H groups in total. The molecule has 0 bridgehead atoms. The van der Waals surface area contributed by atoms with E-state index >= 15 is 0 Å². The van der Waals surface area contributed by atoms with Gasteiger partial charge in [-0.05, 0) is 35.4 Å². The molecule has 4 heteroatoms. The predicted octanol–water partition coefficient (Wildman–Crippen LogP) is 3.96. The first-order valence-corrected chi connectivity index (χ1v) is 6.59. The van der Waals surface area contributed by atoms with Crippen molar-refractivity contribution < 1.29 is 14.6 Å². The van der Waals surface area contributed by atoms with Gasteiger partial charge in [-0.1, -0.05) is 35.9 Å². The van der Waals surface area contributed by atoms with E-state index in [-0.39, 0.29) is 12.3 Å². The lowest BCUT2D eigenvalue weighted by molar-refractivity contribution is -0.137. The molecule has 1 atom stereocenters. The Hall–Kier alpha value is -2.00. The molecule has 0 heterocycles. The summed E-state index contributed by atoms with van der Waals surface area (Å²) in [5.41, 5.74) is 1.82. The molecule has 3 nitrogen and oxygen atoms in total. The van der Waals surface area contributed by atoms with Crippen molar-refractivity contribution in [3.8, 4) is 5.75 Å². The maximum absolute atomic E-state index is 11.1. The molecule has 0 aliphatic heterocycles. The summed E-state index contributed by atoms with van der Waals surface area (Å²) in [6.07, 6.45) is 0.0205. The summed E-state index contributed by atoms with van der Waals surface area (Å²) < 4.78 is 5.12. The lowest BCUT2D eigenvalue weighted by Crippen LogP contribution is -2.08. The van der Waals surface area contributed by atoms with Gasteiger partial charge < -0.3 is 9.84 Å². The number of carboxylic acids is 1. The summed E-state index contributed by atoms with van der Waals surface area (Å²) in [6, 6.07) is 14.7. The fourth-order valence-electron chi connectivity index (χ4n) is 2.16. The van der Waals surface area contributed by atoms with Crippen molar-refractivity contribution in [3.63, 3.8) is 0 Å². The first-order valence-electron chi connectivity index (χ1n) is 6.21. The van der Waals surface area contributed by atoms with Crippen LogP contribution in [0.4, 0.5) is 0 Å². The standard InChI is InChI=1S/C16H15ClO3/c1-20-14-7-5-11(6-8-14)15(10-16(18)19)12-3-2-4-13(17)9-12/h2-9,15H,10H2,1H3,(H,18,19). The number of methoxy groups -OCH3 is 1. The monoisotopic (exact) mass is 290 g/mol. The summed E-state index contributed by atoms with van der Waals surface area (Å²) in [4.78, 5) is 11.1. The quantitative estimate of drug-likeness (QED) is 0.907. The van der Waals surface area contributed by atoms with Crippen LogP contribution in [0.1, 0.15) is 23.5 Å². The Kier molecular flexibility index (Phi) is 4.64. The van der Waals surface area contributed by atoms with Crippen molar-refractivity contribution in [2.75, 3.05) is 7.11 Å². The summed E-state index contributed by atoms with van der Waals surface area (Å²) in [5.74, 6) is -0.322. The lowest BCUT2D eigenvalue weighted by Gasteiger charge is -2.16. The Bertz CT molecular complexity index is 593. The molecule has 104 valence electrons. The zero-order chi connectivity index (χ0) is 14.5. The molecule has 20 heavy (non-hydrogen) atoms. The second kappa shape index (κ2) is 6.44. The average Bonchev–Trinajstić information content (AvgIpc) is 2.45. The van der Waals surface area contributed by atoms with E-state index in [1.54, 1.807) is 19.2 Å². The van der Waals surface area contributed by atoms with E-state index in [4.69, 9.17) is 21.4 Å². The molecule has 0 aliphatic carbocycles. The first kappa shape index (κ1) is 14.4. The van der Waals surface area contributed by atoms with Gasteiger partial charge in [0, 0.05) is 10.9 Å². The van der Waals surface area contributed by atoms with Gasteiger partial charge in [0.2, 0.25) is 0 Å². The highest BCUT2D eigenvalue weighted by molar-refractivity contribution is 6.30. The first-order chi connectivity index (χ1) is 9.60. The van der Waals surface area contributed by atoms with Crippen LogP contribution in [-0.2, 0) is 4.79 Å². The Morgan fingerprint density at radius 3 is 2.45 bits per heavy atom. The molecule has 0 radical (unpaired) electrons. The highest BCUT2D eigenvalue weighted by Gasteiger charge is 2.18. The molecule has 2 rings (SSSR count). The number of hydrogen-bond acceptors (Lipinski definition) is 2. The maximum Gasteiger partial charge on any atom is 0.304 e. The van der Waals surface area contributed by atoms with Gasteiger partial charge in [0.1, 0.15) is 5.75 Å². The third-order valence-corrected chi connectivity index (χ3v) is 3.38. The number of aliphatic carboxylic acids is 1. The van der Waals surface area contributed by atoms with E-state index in [9.17, 15) is 4.79 Å². The van der Waals surface area contributed by atoms with E-state index in [0.717, 1.165) is 16.9 Å². The van der Waals surface area contributed by atoms with Crippen molar-refractivity contribution in [1.29, 1.82) is 0 Å². The summed E-state index contributed by atoms with van der Waals surface area (Å²) in [6.45, 7) is 0. The second-order valence-electron chi connectivity index (χ2n) is 4.48. The van der Waals surface area contributed by atoms with Crippen LogP contribution in [0.2, 0.25) is 5.02 Å². The van der Waals surface area contributed by atoms with E-state index in [2.05, 4.69) is 0 Å². The van der Waals surface area contributed by atoms with Crippen LogP contribution in [0, 0.1) is 0 Å². The lowest BCUT2D eigenvalue weighted by atomic mass is 9.88. The zero-order valence-electron chi connectivity index (χ0n) is 11.0. The molecular weight excluding hydrogens is 276 g/mol. The summed E-state index contributed by atoms with van der Waals surface area (Å²) in [5, 5.41) is 9.72. The largest absolute Gasteiger partial charge is 0.497 e. The third-order valence-electron chi connectivity index (χ3n) is 3.15. The third kappa shape index (κ3) is 3.52. The molecule has 1 unspecified atom stereocenters. The highest BCUT2D eigenvalue weighted by atomic mass is 35.5. The Morgan fingerprint density at radius 1 is 1.20 bits per heavy atom. The SMILES string of the molecule is COc1ccc(C(CC(=O)O)c2cccc(Cl)c2)cc1. The van der Waals surface area contributed by atoms with Crippen molar-refractivity contribution in [2.24, 2.45) is 0 Å². The van der Waals surface area contributed by atoms with E-state index < -0.39 is 5.97 Å². The van der Waals surface area contributed by atoms with Gasteiger partial charge in [-0.3, -0.25) is 4.79 Å². The maximum atomic E-state index is 11.1. The Balaban J connectivity index is 2.38. The summed E-state index contributed by atoms with van der Waals surface area (Å²) in [7, 11) is 1.60. The fraction of sp³-hybridized carbons (Fsp3) is 0.188. The Labute approximate surface area is 122 Å². The zero-order valence-corrected chi connectivity index (χ0v) is 11.8. The van der Waals surface area contributed by atoms with Crippen LogP contribution in [-0.4, -0.2) is 18.2 Å². The van der Waals surface area contributed by atoms with Crippen LogP contribution < -0.4 is 4.74 Å². The van der Waals surface area contributed by atoms with Gasteiger partial charge in [-0.2, -0.15) is 0 Å². The van der Waals surface area contributed by atoms with E-state index in [0.29, 0.717) is 5.02 Å². The molecule has 0 amide bonds. The van der Waals surface area contributed by atoms with Gasteiger partial charge in [0.15, 0.2) is 0 Å². The van der Waals surface area contributed by atoms with Crippen LogP contribution in [0.15, 0.2) is 48.5 Å². The molecule has 2 aromatic carbocycles. The van der Waals surface area contributed by atoms with Crippen LogP contribution >= 0.6 is 11.6 Å². The second-order valence-corrected chi connectivity index (χ2v) is 4.92. The van der Waals surface area contributed by atoms with Crippen molar-refractivity contribution in [3.05, 3.63) is 64.7 Å². The number of halogens is 1. The number of carboxylic acid groups (broad SMARTS) is 1. The number of carbonyl (C=O) groups is 1. The predicted molar refractivity (Wildman–Crippen MR) is 78.5 cm³/mol. The molecule has 0 saturated carbocycles. The molecular formula is C16H15ClO3. The molecule has 0 aliphatic rings. The minimum Gasteiger partial charge on any atom is -0.497 e. The highest BCUT2D eigenvalue weighted by Crippen LogP contribution is 2.30. The topological polar surface area (TPSA) is 46.5 Å². The van der Waals surface area contributed by atoms with Crippen molar-refractivity contribution in [1.82, 2.24) is 0 Å². The Morgan fingerprint density at radius 2 is 1.90 bits per heavy atom. The van der Waals surface area contributed by atoms with Gasteiger partial charge in [-0.15, -0.1) is 0 Å². The van der Waals surface area contributed by atoms with Crippen LogP contribution in [0.25, 0.3) is 0 Å². The fourth-order valence-corrected chi connectivity index (χ4v) is 2.36.